The summed E-state index contributed by atoms with van der Waals surface area (Å²) in [5.74, 6) is 0. The van der Waals surface area contributed by atoms with Gasteiger partial charge >= 0.3 is 0 Å². The molecule has 0 N–H and O–H groups in total. The number of hydrogen-bond donors (Lipinski definition) is 0. The van der Waals surface area contributed by atoms with Crippen LogP contribution in [-0.2, 0) is 16.1 Å². The van der Waals surface area contributed by atoms with Crippen molar-refractivity contribution in [2.24, 2.45) is 0 Å². The molecule has 0 atom stereocenters. The molecule has 3 heteroatoms. The van der Waals surface area contributed by atoms with Crippen molar-refractivity contribution >= 4 is 15.9 Å². The number of hydrogen-bond acceptors (Lipinski definition) is 2. The molecule has 1 rings (SSSR count). The summed E-state index contributed by atoms with van der Waals surface area (Å²) in [7, 11) is 0. The average molecular weight is 273 g/mol. The average Bonchev–Trinajstić information content (AvgIpc) is 2.20. The molecule has 15 heavy (non-hydrogen) atoms. The number of benzene rings is 1. The lowest BCUT2D eigenvalue weighted by Crippen LogP contribution is -2.09. The highest BCUT2D eigenvalue weighted by molar-refractivity contribution is 9.10. The highest BCUT2D eigenvalue weighted by Gasteiger charge is 1.95. The van der Waals surface area contributed by atoms with E-state index in [1.165, 1.54) is 5.56 Å². The van der Waals surface area contributed by atoms with Crippen molar-refractivity contribution in [3.63, 3.8) is 0 Å². The van der Waals surface area contributed by atoms with Crippen molar-refractivity contribution in [1.29, 1.82) is 0 Å². The van der Waals surface area contributed by atoms with E-state index in [4.69, 9.17) is 9.47 Å². The molecule has 0 fully saturated rings. The lowest BCUT2D eigenvalue weighted by atomic mass is 10.2. The van der Waals surface area contributed by atoms with E-state index in [2.05, 4.69) is 15.9 Å². The van der Waals surface area contributed by atoms with Crippen LogP contribution in [0.2, 0.25) is 0 Å². The SMILES string of the molecule is CC(C)OCCOCc1ccc(Br)cc1. The molecule has 0 bridgehead atoms. The summed E-state index contributed by atoms with van der Waals surface area (Å²) in [5, 5.41) is 0. The maximum absolute atomic E-state index is 5.47. The molecular formula is C12H17BrO2. The Balaban J connectivity index is 2.12. The van der Waals surface area contributed by atoms with Crippen molar-refractivity contribution in [3.8, 4) is 0 Å². The molecule has 2 nitrogen and oxygen atoms in total. The van der Waals surface area contributed by atoms with Crippen LogP contribution in [-0.4, -0.2) is 19.3 Å². The predicted molar refractivity (Wildman–Crippen MR) is 64.9 cm³/mol. The van der Waals surface area contributed by atoms with Gasteiger partial charge in [-0.2, -0.15) is 0 Å². The monoisotopic (exact) mass is 272 g/mol. The molecule has 0 aromatic heterocycles. The van der Waals surface area contributed by atoms with E-state index < -0.39 is 0 Å². The minimum absolute atomic E-state index is 0.279. The van der Waals surface area contributed by atoms with Crippen LogP contribution in [0.25, 0.3) is 0 Å². The van der Waals surface area contributed by atoms with Crippen molar-refractivity contribution in [3.05, 3.63) is 34.3 Å². The second-order valence-electron chi connectivity index (χ2n) is 3.60. The normalized spacial score (nSPS) is 10.9. The van der Waals surface area contributed by atoms with Gasteiger partial charge in [-0.3, -0.25) is 0 Å². The summed E-state index contributed by atoms with van der Waals surface area (Å²) in [6.45, 7) is 6.00. The Labute approximate surface area is 99.7 Å². The third-order valence-electron chi connectivity index (χ3n) is 1.86. The molecule has 0 spiro atoms. The number of halogens is 1. The predicted octanol–water partition coefficient (Wildman–Crippen LogP) is 3.39. The molecule has 84 valence electrons. The van der Waals surface area contributed by atoms with Crippen LogP contribution in [0.1, 0.15) is 19.4 Å². The van der Waals surface area contributed by atoms with Crippen LogP contribution in [0.5, 0.6) is 0 Å². The van der Waals surface area contributed by atoms with Crippen molar-refractivity contribution < 1.29 is 9.47 Å². The minimum Gasteiger partial charge on any atom is -0.376 e. The molecule has 1 aromatic rings. The molecule has 1 aromatic carbocycles. The zero-order valence-corrected chi connectivity index (χ0v) is 10.8. The van der Waals surface area contributed by atoms with Gasteiger partial charge in [0.15, 0.2) is 0 Å². The van der Waals surface area contributed by atoms with Crippen molar-refractivity contribution in [2.75, 3.05) is 13.2 Å². The molecule has 0 radical (unpaired) electrons. The van der Waals surface area contributed by atoms with Gasteiger partial charge in [0, 0.05) is 4.47 Å². The fraction of sp³-hybridized carbons (Fsp3) is 0.500. The summed E-state index contributed by atoms with van der Waals surface area (Å²) in [6, 6.07) is 8.13. The molecule has 0 unspecified atom stereocenters. The first-order valence-electron chi connectivity index (χ1n) is 5.12. The van der Waals surface area contributed by atoms with E-state index in [0.29, 0.717) is 19.8 Å². The van der Waals surface area contributed by atoms with Gasteiger partial charge in [0.25, 0.3) is 0 Å². The topological polar surface area (TPSA) is 18.5 Å². The Hall–Kier alpha value is -0.380. The zero-order valence-electron chi connectivity index (χ0n) is 9.20. The third kappa shape index (κ3) is 5.92. The summed E-state index contributed by atoms with van der Waals surface area (Å²) >= 11 is 3.39. The number of ether oxygens (including phenoxy) is 2. The first-order chi connectivity index (χ1) is 7.18. The Morgan fingerprint density at radius 2 is 1.80 bits per heavy atom. The smallest absolute Gasteiger partial charge is 0.0718 e. The fourth-order valence-corrected chi connectivity index (χ4v) is 1.38. The minimum atomic E-state index is 0.279. The maximum Gasteiger partial charge on any atom is 0.0718 e. The summed E-state index contributed by atoms with van der Waals surface area (Å²) in [6.07, 6.45) is 0.279. The van der Waals surface area contributed by atoms with Crippen molar-refractivity contribution in [2.45, 2.75) is 26.6 Å². The molecule has 0 aliphatic heterocycles. The Morgan fingerprint density at radius 3 is 2.40 bits per heavy atom. The first-order valence-corrected chi connectivity index (χ1v) is 5.91. The molecule has 0 amide bonds. The molecule has 0 heterocycles. The fourth-order valence-electron chi connectivity index (χ4n) is 1.11. The van der Waals surface area contributed by atoms with E-state index in [1.54, 1.807) is 0 Å². The van der Waals surface area contributed by atoms with Crippen LogP contribution >= 0.6 is 15.9 Å². The number of rotatable bonds is 6. The second-order valence-corrected chi connectivity index (χ2v) is 4.51. The molecule has 0 aliphatic carbocycles. The quantitative estimate of drug-likeness (QED) is 0.740. The van der Waals surface area contributed by atoms with Gasteiger partial charge in [0.05, 0.1) is 25.9 Å². The molecule has 0 saturated heterocycles. The van der Waals surface area contributed by atoms with Gasteiger partial charge in [0.2, 0.25) is 0 Å². The van der Waals surface area contributed by atoms with Gasteiger partial charge in [-0.1, -0.05) is 28.1 Å². The molecule has 0 saturated carbocycles. The van der Waals surface area contributed by atoms with Crippen LogP contribution in [0.4, 0.5) is 0 Å². The Bertz CT molecular complexity index is 269. The third-order valence-corrected chi connectivity index (χ3v) is 2.39. The summed E-state index contributed by atoms with van der Waals surface area (Å²) < 4.78 is 11.9. The summed E-state index contributed by atoms with van der Waals surface area (Å²) in [4.78, 5) is 0. The van der Waals surface area contributed by atoms with Gasteiger partial charge < -0.3 is 9.47 Å². The summed E-state index contributed by atoms with van der Waals surface area (Å²) in [5.41, 5.74) is 1.18. The molecule has 0 aliphatic rings. The van der Waals surface area contributed by atoms with Crippen molar-refractivity contribution in [1.82, 2.24) is 0 Å². The lowest BCUT2D eigenvalue weighted by Gasteiger charge is -2.08. The first kappa shape index (κ1) is 12.7. The van der Waals surface area contributed by atoms with Crippen LogP contribution < -0.4 is 0 Å². The maximum atomic E-state index is 5.47. The van der Waals surface area contributed by atoms with E-state index in [1.807, 2.05) is 38.1 Å². The van der Waals surface area contributed by atoms with E-state index >= 15 is 0 Å². The largest absolute Gasteiger partial charge is 0.376 e. The van der Waals surface area contributed by atoms with Gasteiger partial charge in [-0.25, -0.2) is 0 Å². The molecular weight excluding hydrogens is 256 g/mol. The standard InChI is InChI=1S/C12H17BrO2/c1-10(2)15-8-7-14-9-11-3-5-12(13)6-4-11/h3-6,10H,7-9H2,1-2H3. The lowest BCUT2D eigenvalue weighted by molar-refractivity contribution is 0.0143. The van der Waals surface area contributed by atoms with Crippen LogP contribution in [0.15, 0.2) is 28.7 Å². The highest BCUT2D eigenvalue weighted by atomic mass is 79.9. The van der Waals surface area contributed by atoms with E-state index in [-0.39, 0.29) is 6.10 Å². The van der Waals surface area contributed by atoms with Gasteiger partial charge in [0.1, 0.15) is 0 Å². The van der Waals surface area contributed by atoms with E-state index in [9.17, 15) is 0 Å². The second kappa shape index (κ2) is 6.99. The van der Waals surface area contributed by atoms with E-state index in [0.717, 1.165) is 4.47 Å². The zero-order chi connectivity index (χ0) is 11.1. The highest BCUT2D eigenvalue weighted by Crippen LogP contribution is 2.10. The Kier molecular flexibility index (Phi) is 5.91. The van der Waals surface area contributed by atoms with Crippen LogP contribution in [0, 0.1) is 0 Å². The van der Waals surface area contributed by atoms with Gasteiger partial charge in [-0.05, 0) is 31.5 Å². The Morgan fingerprint density at radius 1 is 1.13 bits per heavy atom. The van der Waals surface area contributed by atoms with Crippen LogP contribution in [0.3, 0.4) is 0 Å². The van der Waals surface area contributed by atoms with Gasteiger partial charge in [-0.15, -0.1) is 0 Å².